The summed E-state index contributed by atoms with van der Waals surface area (Å²) in [5.41, 5.74) is 12.0. The molecule has 0 saturated heterocycles. The minimum Gasteiger partial charge on any atom is -0.366 e. The molecule has 0 bridgehead atoms. The van der Waals surface area contributed by atoms with Gasteiger partial charge in [0, 0.05) is 38.6 Å². The van der Waals surface area contributed by atoms with Crippen LogP contribution in [0.15, 0.2) is 66.7 Å². The molecular weight excluding hydrogens is 519 g/mol. The molecule has 4 N–H and O–H groups in total. The van der Waals surface area contributed by atoms with Crippen molar-refractivity contribution in [3.05, 3.63) is 94.8 Å². The lowest BCUT2D eigenvalue weighted by atomic mass is 9.93. The van der Waals surface area contributed by atoms with Crippen molar-refractivity contribution in [3.8, 4) is 11.1 Å². The zero-order valence-electron chi connectivity index (χ0n) is 23.2. The number of anilines is 2. The largest absolute Gasteiger partial charge is 0.366 e. The molecule has 0 unspecified atom stereocenters. The molecular formula is C33H29FN4O3. The fourth-order valence-electron chi connectivity index (χ4n) is 5.53. The number of primary amides is 1. The van der Waals surface area contributed by atoms with E-state index in [4.69, 9.17) is 5.73 Å². The lowest BCUT2D eigenvalue weighted by Crippen LogP contribution is -2.27. The van der Waals surface area contributed by atoms with E-state index in [-0.39, 0.29) is 24.2 Å². The molecule has 0 aliphatic carbocycles. The summed E-state index contributed by atoms with van der Waals surface area (Å²) in [7, 11) is 0. The van der Waals surface area contributed by atoms with Crippen LogP contribution in [0.25, 0.3) is 32.9 Å². The van der Waals surface area contributed by atoms with Crippen molar-refractivity contribution in [3.63, 3.8) is 0 Å². The number of benzene rings is 4. The summed E-state index contributed by atoms with van der Waals surface area (Å²) in [4.78, 5) is 43.3. The third-order valence-electron chi connectivity index (χ3n) is 7.72. The van der Waals surface area contributed by atoms with Gasteiger partial charge < -0.3 is 20.9 Å². The zero-order valence-corrected chi connectivity index (χ0v) is 23.2. The number of H-pyrrole nitrogens is 1. The number of nitrogens with one attached hydrogen (secondary N) is 2. The SMILES string of the molecule is Cc1c(-c2ccc(C(N)=O)c3[nH]c4cc(NC(=O)C(C)(C)C)ccc4c23)cccc1N1Cc2cc(F)ccc2C1=O. The zero-order chi connectivity index (χ0) is 29.2. The summed E-state index contributed by atoms with van der Waals surface area (Å²) in [6.45, 7) is 7.77. The first-order chi connectivity index (χ1) is 19.4. The Labute approximate surface area is 236 Å². The lowest BCUT2D eigenvalue weighted by molar-refractivity contribution is -0.123. The third kappa shape index (κ3) is 4.32. The predicted octanol–water partition coefficient (Wildman–Crippen LogP) is 6.68. The molecule has 41 heavy (non-hydrogen) atoms. The Bertz CT molecular complexity index is 1930. The van der Waals surface area contributed by atoms with Crippen LogP contribution < -0.4 is 16.0 Å². The molecule has 3 amide bonds. The molecule has 2 heterocycles. The first-order valence-electron chi connectivity index (χ1n) is 13.3. The van der Waals surface area contributed by atoms with Gasteiger partial charge in [-0.25, -0.2) is 4.39 Å². The van der Waals surface area contributed by atoms with Crippen molar-refractivity contribution in [1.82, 2.24) is 4.98 Å². The molecule has 0 radical (unpaired) electrons. The Morgan fingerprint density at radius 2 is 1.73 bits per heavy atom. The molecule has 0 fully saturated rings. The fourth-order valence-corrected chi connectivity index (χ4v) is 5.53. The molecule has 206 valence electrons. The second kappa shape index (κ2) is 9.30. The average molecular weight is 549 g/mol. The lowest BCUT2D eigenvalue weighted by Gasteiger charge is -2.21. The topological polar surface area (TPSA) is 108 Å². The van der Waals surface area contributed by atoms with Crippen LogP contribution in [0.4, 0.5) is 15.8 Å². The molecule has 1 aliphatic heterocycles. The average Bonchev–Trinajstić information content (AvgIpc) is 3.44. The van der Waals surface area contributed by atoms with Crippen LogP contribution in [0.2, 0.25) is 0 Å². The van der Waals surface area contributed by atoms with Crippen molar-refractivity contribution < 1.29 is 18.8 Å². The standard InChI is InChI=1S/C33H29FN4O3/c1-17-21(6-5-7-27(17)38-16-18-14-19(34)8-10-22(18)31(38)40)23-12-13-25(30(35)39)29-28(23)24-11-9-20(15-26(24)37-29)36-32(41)33(2,3)4/h5-15,37H,16H2,1-4H3,(H2,35,39)(H,36,41). The van der Waals surface area contributed by atoms with Crippen LogP contribution in [0.3, 0.4) is 0 Å². The number of carbonyl (C=O) groups is 3. The fraction of sp³-hybridized carbons (Fsp3) is 0.182. The van der Waals surface area contributed by atoms with Gasteiger partial charge in [0.1, 0.15) is 5.82 Å². The Balaban J connectivity index is 1.50. The quantitative estimate of drug-likeness (QED) is 0.233. The van der Waals surface area contributed by atoms with Gasteiger partial charge in [0.05, 0.1) is 17.6 Å². The van der Waals surface area contributed by atoms with Crippen LogP contribution in [0.5, 0.6) is 0 Å². The van der Waals surface area contributed by atoms with Gasteiger partial charge in [-0.3, -0.25) is 14.4 Å². The highest BCUT2D eigenvalue weighted by atomic mass is 19.1. The van der Waals surface area contributed by atoms with Crippen molar-refractivity contribution in [2.75, 3.05) is 10.2 Å². The molecule has 4 aromatic carbocycles. The van der Waals surface area contributed by atoms with E-state index in [1.807, 2.05) is 70.2 Å². The second-order valence-electron chi connectivity index (χ2n) is 11.5. The van der Waals surface area contributed by atoms with Gasteiger partial charge in [0.25, 0.3) is 11.8 Å². The molecule has 7 nitrogen and oxygen atoms in total. The highest BCUT2D eigenvalue weighted by Gasteiger charge is 2.30. The smallest absolute Gasteiger partial charge is 0.258 e. The molecule has 0 saturated carbocycles. The van der Waals surface area contributed by atoms with Gasteiger partial charge in [-0.05, 0) is 71.6 Å². The van der Waals surface area contributed by atoms with Gasteiger partial charge in [0.15, 0.2) is 0 Å². The molecule has 5 aromatic rings. The van der Waals surface area contributed by atoms with Crippen LogP contribution >= 0.6 is 0 Å². The minimum atomic E-state index is -0.563. The highest BCUT2D eigenvalue weighted by molar-refractivity contribution is 6.21. The molecule has 1 aliphatic rings. The van der Waals surface area contributed by atoms with Gasteiger partial charge in [0.2, 0.25) is 5.91 Å². The van der Waals surface area contributed by atoms with E-state index in [1.165, 1.54) is 18.2 Å². The summed E-state index contributed by atoms with van der Waals surface area (Å²) < 4.78 is 13.9. The number of amides is 3. The van der Waals surface area contributed by atoms with Crippen molar-refractivity contribution >= 4 is 50.9 Å². The van der Waals surface area contributed by atoms with Gasteiger partial charge in [-0.2, -0.15) is 0 Å². The summed E-state index contributed by atoms with van der Waals surface area (Å²) in [5, 5.41) is 4.62. The van der Waals surface area contributed by atoms with E-state index in [9.17, 15) is 18.8 Å². The summed E-state index contributed by atoms with van der Waals surface area (Å²) in [5.74, 6) is -1.22. The van der Waals surface area contributed by atoms with Crippen molar-refractivity contribution in [1.29, 1.82) is 0 Å². The van der Waals surface area contributed by atoms with Crippen molar-refractivity contribution in [2.45, 2.75) is 34.2 Å². The minimum absolute atomic E-state index is 0.111. The number of fused-ring (bicyclic) bond motifs is 4. The van der Waals surface area contributed by atoms with Gasteiger partial charge in [-0.1, -0.05) is 45.0 Å². The number of hydrogen-bond donors (Lipinski definition) is 3. The molecule has 1 aromatic heterocycles. The van der Waals surface area contributed by atoms with E-state index < -0.39 is 11.3 Å². The van der Waals surface area contributed by atoms with E-state index in [1.54, 1.807) is 11.0 Å². The predicted molar refractivity (Wildman–Crippen MR) is 159 cm³/mol. The van der Waals surface area contributed by atoms with Crippen LogP contribution in [-0.4, -0.2) is 22.7 Å². The molecule has 8 heteroatoms. The number of hydrogen-bond acceptors (Lipinski definition) is 3. The maximum Gasteiger partial charge on any atom is 0.258 e. The van der Waals surface area contributed by atoms with Gasteiger partial charge in [-0.15, -0.1) is 0 Å². The number of nitrogens with zero attached hydrogens (tertiary/aromatic N) is 1. The van der Waals surface area contributed by atoms with Crippen molar-refractivity contribution in [2.24, 2.45) is 11.1 Å². The number of carbonyl (C=O) groups excluding carboxylic acids is 3. The number of nitrogens with two attached hydrogens (primary N) is 1. The van der Waals surface area contributed by atoms with E-state index in [0.29, 0.717) is 27.9 Å². The summed E-state index contributed by atoms with van der Waals surface area (Å²) in [6.07, 6.45) is 0. The molecule has 6 rings (SSSR count). The van der Waals surface area contributed by atoms with Gasteiger partial charge >= 0.3 is 0 Å². The third-order valence-corrected chi connectivity index (χ3v) is 7.72. The summed E-state index contributed by atoms with van der Waals surface area (Å²) in [6, 6.07) is 19.1. The van der Waals surface area contributed by atoms with E-state index >= 15 is 0 Å². The van der Waals surface area contributed by atoms with Crippen LogP contribution in [0.1, 0.15) is 52.6 Å². The van der Waals surface area contributed by atoms with Crippen LogP contribution in [-0.2, 0) is 11.3 Å². The van der Waals surface area contributed by atoms with E-state index in [2.05, 4.69) is 10.3 Å². The summed E-state index contributed by atoms with van der Waals surface area (Å²) >= 11 is 0. The van der Waals surface area contributed by atoms with Crippen LogP contribution in [0, 0.1) is 18.2 Å². The Hall–Kier alpha value is -4.98. The number of aromatic amines is 1. The molecule has 0 spiro atoms. The Kier molecular flexibility index (Phi) is 5.95. The normalized spacial score (nSPS) is 13.2. The number of rotatable bonds is 4. The number of aromatic nitrogens is 1. The first kappa shape index (κ1) is 26.3. The monoisotopic (exact) mass is 548 g/mol. The maximum absolute atomic E-state index is 13.9. The maximum atomic E-state index is 13.9. The number of halogens is 1. The molecule has 0 atom stereocenters. The highest BCUT2D eigenvalue weighted by Crippen LogP contribution is 2.41. The Morgan fingerprint density at radius 1 is 0.976 bits per heavy atom. The van der Waals surface area contributed by atoms with E-state index in [0.717, 1.165) is 38.7 Å². The second-order valence-corrected chi connectivity index (χ2v) is 11.5. The Morgan fingerprint density at radius 3 is 2.46 bits per heavy atom. The first-order valence-corrected chi connectivity index (χ1v) is 13.3.